The minimum Gasteiger partial charge on any atom is -0.389 e. The van der Waals surface area contributed by atoms with Gasteiger partial charge in [-0.05, 0) is 11.5 Å². The first-order valence-electron chi connectivity index (χ1n) is 2.42. The number of hydrogen-bond donors (Lipinski definition) is 1. The Bertz CT molecular complexity index is 327. The van der Waals surface area contributed by atoms with Crippen LogP contribution in [0.1, 0.15) is 0 Å². The molecule has 0 radical (unpaired) electrons. The molecule has 0 saturated heterocycles. The smallest absolute Gasteiger partial charge is 0.193 e. The van der Waals surface area contributed by atoms with Crippen molar-refractivity contribution in [2.24, 2.45) is 0 Å². The van der Waals surface area contributed by atoms with Crippen molar-refractivity contribution in [3.8, 4) is 0 Å². The predicted molar refractivity (Wildman–Crippen MR) is 39.6 cm³/mol. The van der Waals surface area contributed by atoms with Gasteiger partial charge in [0.2, 0.25) is 0 Å². The maximum Gasteiger partial charge on any atom is 0.193 e. The zero-order valence-electron chi connectivity index (χ0n) is 5.23. The van der Waals surface area contributed by atoms with Gasteiger partial charge in [0.05, 0.1) is 0 Å². The minimum absolute atomic E-state index is 0.0509. The number of nitrogen functional groups attached to an aromatic ring is 1. The van der Waals surface area contributed by atoms with E-state index in [1.165, 1.54) is 6.07 Å². The van der Waals surface area contributed by atoms with Crippen LogP contribution >= 0.6 is 11.5 Å². The largest absolute Gasteiger partial charge is 0.389 e. The van der Waals surface area contributed by atoms with Gasteiger partial charge in [0.15, 0.2) is 14.9 Å². The highest BCUT2D eigenvalue weighted by Crippen LogP contribution is 2.15. The second kappa shape index (κ2) is 2.21. The van der Waals surface area contributed by atoms with E-state index in [0.717, 1.165) is 17.8 Å². The van der Waals surface area contributed by atoms with Gasteiger partial charge in [0.25, 0.3) is 0 Å². The molecule has 0 aromatic carbocycles. The normalized spacial score (nSPS) is 11.7. The molecule has 0 unspecified atom stereocenters. The fourth-order valence-corrected chi connectivity index (χ4v) is 1.93. The lowest BCUT2D eigenvalue weighted by Gasteiger charge is -1.85. The number of nitrogens with zero attached hydrogens (tertiary/aromatic N) is 1. The highest BCUT2D eigenvalue weighted by Gasteiger charge is 2.09. The molecule has 10 heavy (non-hydrogen) atoms. The zero-order valence-corrected chi connectivity index (χ0v) is 6.87. The SMILES string of the molecule is CS(=O)(=O)c1cc(N)sn1. The van der Waals surface area contributed by atoms with Crippen molar-refractivity contribution in [2.75, 3.05) is 12.0 Å². The number of sulfone groups is 1. The first-order valence-corrected chi connectivity index (χ1v) is 5.09. The summed E-state index contributed by atoms with van der Waals surface area (Å²) in [5, 5.41) is 0.468. The molecule has 4 nitrogen and oxygen atoms in total. The number of nitrogens with two attached hydrogens (primary N) is 1. The summed E-state index contributed by atoms with van der Waals surface area (Å²) in [4.78, 5) is 0. The van der Waals surface area contributed by atoms with Crippen molar-refractivity contribution < 1.29 is 8.42 Å². The van der Waals surface area contributed by atoms with Crippen LogP contribution < -0.4 is 5.73 Å². The summed E-state index contributed by atoms with van der Waals surface area (Å²) in [6.45, 7) is 0. The van der Waals surface area contributed by atoms with Crippen LogP contribution in [0.15, 0.2) is 11.1 Å². The van der Waals surface area contributed by atoms with E-state index in [-0.39, 0.29) is 5.03 Å². The van der Waals surface area contributed by atoms with Gasteiger partial charge in [0.1, 0.15) is 5.00 Å². The molecule has 0 aliphatic rings. The summed E-state index contributed by atoms with van der Waals surface area (Å²) in [6.07, 6.45) is 1.10. The van der Waals surface area contributed by atoms with E-state index in [0.29, 0.717) is 5.00 Å². The van der Waals surface area contributed by atoms with Crippen LogP contribution in [0.2, 0.25) is 0 Å². The fourth-order valence-electron chi connectivity index (χ4n) is 0.447. The topological polar surface area (TPSA) is 73.0 Å². The molecule has 0 aliphatic heterocycles. The van der Waals surface area contributed by atoms with Crippen molar-refractivity contribution in [3.05, 3.63) is 6.07 Å². The minimum atomic E-state index is -3.16. The molecule has 0 atom stereocenters. The molecule has 1 aromatic rings. The van der Waals surface area contributed by atoms with Gasteiger partial charge >= 0.3 is 0 Å². The Morgan fingerprint density at radius 2 is 2.30 bits per heavy atom. The van der Waals surface area contributed by atoms with E-state index in [9.17, 15) is 8.42 Å². The summed E-state index contributed by atoms with van der Waals surface area (Å²) in [6, 6.07) is 1.35. The molecular weight excluding hydrogens is 172 g/mol. The predicted octanol–water partition coefficient (Wildman–Crippen LogP) is 0.129. The maximum atomic E-state index is 10.7. The lowest BCUT2D eigenvalue weighted by Crippen LogP contribution is -1.95. The molecular formula is C4H6N2O2S2. The van der Waals surface area contributed by atoms with Crippen molar-refractivity contribution in [3.63, 3.8) is 0 Å². The molecule has 0 bridgehead atoms. The second-order valence-electron chi connectivity index (χ2n) is 1.84. The summed E-state index contributed by atoms with van der Waals surface area (Å²) in [5.74, 6) is 0. The zero-order chi connectivity index (χ0) is 7.78. The van der Waals surface area contributed by atoms with Crippen LogP contribution in [0.5, 0.6) is 0 Å². The standard InChI is InChI=1S/C4H6N2O2S2/c1-10(7,8)4-2-3(5)9-6-4/h2H,5H2,1H3. The van der Waals surface area contributed by atoms with Gasteiger partial charge in [-0.15, -0.1) is 0 Å². The van der Waals surface area contributed by atoms with Gasteiger partial charge in [-0.25, -0.2) is 8.42 Å². The highest BCUT2D eigenvalue weighted by atomic mass is 32.2. The Morgan fingerprint density at radius 3 is 2.50 bits per heavy atom. The van der Waals surface area contributed by atoms with E-state index in [4.69, 9.17) is 5.73 Å². The van der Waals surface area contributed by atoms with Gasteiger partial charge < -0.3 is 5.73 Å². The number of anilines is 1. The monoisotopic (exact) mass is 178 g/mol. The third kappa shape index (κ3) is 1.45. The van der Waals surface area contributed by atoms with Crippen LogP contribution in [0.25, 0.3) is 0 Å². The van der Waals surface area contributed by atoms with Crippen LogP contribution in [0.4, 0.5) is 5.00 Å². The van der Waals surface area contributed by atoms with Crippen LogP contribution in [-0.4, -0.2) is 19.0 Å². The Hall–Kier alpha value is -0.620. The van der Waals surface area contributed by atoms with Crippen LogP contribution in [-0.2, 0) is 9.84 Å². The van der Waals surface area contributed by atoms with Crippen molar-refractivity contribution in [1.82, 2.24) is 4.37 Å². The van der Waals surface area contributed by atoms with Crippen molar-refractivity contribution in [2.45, 2.75) is 5.03 Å². The molecule has 1 heterocycles. The first kappa shape index (κ1) is 7.49. The lowest BCUT2D eigenvalue weighted by molar-refractivity contribution is 0.599. The average Bonchev–Trinajstić information content (AvgIpc) is 2.11. The lowest BCUT2D eigenvalue weighted by atomic mass is 10.7. The Balaban J connectivity index is 3.21. The van der Waals surface area contributed by atoms with E-state index < -0.39 is 9.84 Å². The molecule has 56 valence electrons. The molecule has 0 aliphatic carbocycles. The molecule has 2 N–H and O–H groups in total. The van der Waals surface area contributed by atoms with E-state index in [1.54, 1.807) is 0 Å². The van der Waals surface area contributed by atoms with Gasteiger partial charge in [0, 0.05) is 12.3 Å². The molecule has 6 heteroatoms. The summed E-state index contributed by atoms with van der Waals surface area (Å²) >= 11 is 0.980. The highest BCUT2D eigenvalue weighted by molar-refractivity contribution is 7.90. The first-order chi connectivity index (χ1) is 4.50. The molecule has 1 rings (SSSR count). The van der Waals surface area contributed by atoms with E-state index in [1.807, 2.05) is 0 Å². The van der Waals surface area contributed by atoms with Crippen LogP contribution in [0.3, 0.4) is 0 Å². The van der Waals surface area contributed by atoms with Gasteiger partial charge in [-0.2, -0.15) is 4.37 Å². The average molecular weight is 178 g/mol. The molecule has 1 aromatic heterocycles. The summed E-state index contributed by atoms with van der Waals surface area (Å²) in [5.41, 5.74) is 5.27. The molecule has 0 amide bonds. The Kier molecular flexibility index (Phi) is 1.65. The Labute approximate surface area is 62.8 Å². The fraction of sp³-hybridized carbons (Fsp3) is 0.250. The maximum absolute atomic E-state index is 10.7. The number of rotatable bonds is 1. The summed E-state index contributed by atoms with van der Waals surface area (Å²) < 4.78 is 25.1. The molecule has 0 spiro atoms. The Morgan fingerprint density at radius 1 is 1.70 bits per heavy atom. The third-order valence-electron chi connectivity index (χ3n) is 0.887. The van der Waals surface area contributed by atoms with Gasteiger partial charge in [-0.1, -0.05) is 0 Å². The summed E-state index contributed by atoms with van der Waals surface area (Å²) in [7, 11) is -3.16. The number of aromatic nitrogens is 1. The molecule has 0 saturated carbocycles. The second-order valence-corrected chi connectivity index (χ2v) is 4.64. The quantitative estimate of drug-likeness (QED) is 0.663. The van der Waals surface area contributed by atoms with Crippen molar-refractivity contribution in [1.29, 1.82) is 0 Å². The third-order valence-corrected chi connectivity index (χ3v) is 2.59. The van der Waals surface area contributed by atoms with E-state index >= 15 is 0 Å². The van der Waals surface area contributed by atoms with Crippen molar-refractivity contribution >= 4 is 26.4 Å². The van der Waals surface area contributed by atoms with Crippen LogP contribution in [0, 0.1) is 0 Å². The molecule has 0 fully saturated rings. The number of hydrogen-bond acceptors (Lipinski definition) is 5. The van der Waals surface area contributed by atoms with E-state index in [2.05, 4.69) is 4.37 Å². The van der Waals surface area contributed by atoms with Gasteiger partial charge in [-0.3, -0.25) is 0 Å².